The Balaban J connectivity index is 1.59. The van der Waals surface area contributed by atoms with Gasteiger partial charge in [-0.05, 0) is 12.8 Å². The number of nitrogens with one attached hydrogen (secondary N) is 2. The van der Waals surface area contributed by atoms with Crippen molar-refractivity contribution in [1.82, 2.24) is 20.3 Å². The van der Waals surface area contributed by atoms with Crippen LogP contribution in [0.3, 0.4) is 0 Å². The molecule has 0 aromatic carbocycles. The Morgan fingerprint density at radius 1 is 1.44 bits per heavy atom. The molecule has 0 radical (unpaired) electrons. The van der Waals surface area contributed by atoms with Crippen molar-refractivity contribution in [2.75, 3.05) is 6.54 Å². The van der Waals surface area contributed by atoms with Crippen LogP contribution in [0.1, 0.15) is 18.7 Å². The molecule has 0 aliphatic heterocycles. The summed E-state index contributed by atoms with van der Waals surface area (Å²) < 4.78 is 0. The zero-order valence-electron chi connectivity index (χ0n) is 8.94. The van der Waals surface area contributed by atoms with E-state index in [9.17, 15) is 0 Å². The fraction of sp³-hybridized carbons (Fsp3) is 0.455. The number of thiazole rings is 1. The molecule has 0 saturated heterocycles. The molecule has 1 aliphatic carbocycles. The van der Waals surface area contributed by atoms with Gasteiger partial charge in [-0.2, -0.15) is 0 Å². The fourth-order valence-electron chi connectivity index (χ4n) is 1.64. The third-order valence-electron chi connectivity index (χ3n) is 2.66. The van der Waals surface area contributed by atoms with Gasteiger partial charge in [0.2, 0.25) is 0 Å². The Kier molecular flexibility index (Phi) is 2.71. The van der Waals surface area contributed by atoms with E-state index in [0.29, 0.717) is 0 Å². The summed E-state index contributed by atoms with van der Waals surface area (Å²) in [6.45, 7) is 1.01. The maximum absolute atomic E-state index is 4.36. The highest BCUT2D eigenvalue weighted by molar-refractivity contribution is 7.13. The summed E-state index contributed by atoms with van der Waals surface area (Å²) in [6, 6.07) is 0.772. The molecule has 0 amide bonds. The summed E-state index contributed by atoms with van der Waals surface area (Å²) >= 11 is 1.63. The molecule has 2 aromatic rings. The summed E-state index contributed by atoms with van der Waals surface area (Å²) in [4.78, 5) is 11.9. The Labute approximate surface area is 98.1 Å². The molecule has 2 heterocycles. The maximum atomic E-state index is 4.36. The number of nitrogens with zero attached hydrogens (tertiary/aromatic N) is 2. The monoisotopic (exact) mass is 234 g/mol. The largest absolute Gasteiger partial charge is 0.340 e. The van der Waals surface area contributed by atoms with Gasteiger partial charge in [0.15, 0.2) is 0 Å². The minimum absolute atomic E-state index is 0.772. The van der Waals surface area contributed by atoms with Gasteiger partial charge < -0.3 is 10.3 Å². The molecular weight excluding hydrogens is 220 g/mol. The average Bonchev–Trinajstić information content (AvgIpc) is 2.83. The predicted octanol–water partition coefficient (Wildman–Crippen LogP) is 1.83. The van der Waals surface area contributed by atoms with Gasteiger partial charge in [-0.3, -0.25) is 0 Å². The molecule has 0 bridgehead atoms. The molecule has 0 unspecified atom stereocenters. The van der Waals surface area contributed by atoms with Crippen LogP contribution >= 0.6 is 11.3 Å². The van der Waals surface area contributed by atoms with Gasteiger partial charge in [-0.25, -0.2) is 9.97 Å². The van der Waals surface area contributed by atoms with E-state index in [0.717, 1.165) is 35.5 Å². The lowest BCUT2D eigenvalue weighted by molar-refractivity contribution is 0.669. The van der Waals surface area contributed by atoms with Crippen LogP contribution in [0.25, 0.3) is 10.7 Å². The molecule has 1 saturated carbocycles. The maximum Gasteiger partial charge on any atom is 0.141 e. The Morgan fingerprint density at radius 2 is 2.38 bits per heavy atom. The smallest absolute Gasteiger partial charge is 0.141 e. The second-order valence-corrected chi connectivity index (χ2v) is 4.95. The van der Waals surface area contributed by atoms with Crippen LogP contribution in [0.5, 0.6) is 0 Å². The molecular formula is C11H14N4S. The van der Waals surface area contributed by atoms with Crippen molar-refractivity contribution < 1.29 is 0 Å². The van der Waals surface area contributed by atoms with E-state index in [-0.39, 0.29) is 0 Å². The second kappa shape index (κ2) is 4.35. The molecule has 4 nitrogen and oxygen atoms in total. The summed E-state index contributed by atoms with van der Waals surface area (Å²) in [5.41, 5.74) is 1.02. The van der Waals surface area contributed by atoms with Crippen molar-refractivity contribution in [2.45, 2.75) is 25.3 Å². The molecule has 0 spiro atoms. The second-order valence-electron chi connectivity index (χ2n) is 4.06. The van der Waals surface area contributed by atoms with Crippen LogP contribution in [-0.4, -0.2) is 27.5 Å². The van der Waals surface area contributed by atoms with E-state index in [1.807, 2.05) is 17.8 Å². The van der Waals surface area contributed by atoms with Crippen LogP contribution in [0.4, 0.5) is 0 Å². The molecule has 0 atom stereocenters. The van der Waals surface area contributed by atoms with Crippen molar-refractivity contribution in [3.63, 3.8) is 0 Å². The minimum Gasteiger partial charge on any atom is -0.340 e. The zero-order chi connectivity index (χ0) is 10.8. The molecule has 84 valence electrons. The number of hydrogen-bond donors (Lipinski definition) is 2. The first-order chi connectivity index (χ1) is 7.92. The first-order valence-corrected chi connectivity index (χ1v) is 6.47. The Bertz CT molecular complexity index is 444. The van der Waals surface area contributed by atoms with Gasteiger partial charge in [-0.1, -0.05) is 0 Å². The van der Waals surface area contributed by atoms with Crippen molar-refractivity contribution in [3.05, 3.63) is 23.6 Å². The lowest BCUT2D eigenvalue weighted by atomic mass is 10.4. The van der Waals surface area contributed by atoms with Gasteiger partial charge in [0.25, 0.3) is 0 Å². The normalized spacial score (nSPS) is 15.5. The van der Waals surface area contributed by atoms with Gasteiger partial charge in [0, 0.05) is 30.6 Å². The molecule has 2 aromatic heterocycles. The quantitative estimate of drug-likeness (QED) is 0.830. The molecule has 1 fully saturated rings. The van der Waals surface area contributed by atoms with E-state index >= 15 is 0 Å². The highest BCUT2D eigenvalue weighted by Crippen LogP contribution is 2.20. The summed E-state index contributed by atoms with van der Waals surface area (Å²) in [5.74, 6) is 1.04. The number of aromatic nitrogens is 3. The fourth-order valence-corrected chi connectivity index (χ4v) is 2.24. The first-order valence-electron chi connectivity index (χ1n) is 5.59. The minimum atomic E-state index is 0.772. The molecule has 3 rings (SSSR count). The summed E-state index contributed by atoms with van der Waals surface area (Å²) in [5, 5.41) is 6.46. The SMILES string of the molecule is c1csc(-c2cnc(CCNC3CC3)[nH]2)n1. The van der Waals surface area contributed by atoms with E-state index in [1.165, 1.54) is 12.8 Å². The third kappa shape index (κ3) is 2.31. The van der Waals surface area contributed by atoms with E-state index < -0.39 is 0 Å². The Morgan fingerprint density at radius 3 is 3.12 bits per heavy atom. The summed E-state index contributed by atoms with van der Waals surface area (Å²) in [7, 11) is 0. The van der Waals surface area contributed by atoms with Crippen LogP contribution in [0, 0.1) is 0 Å². The predicted molar refractivity (Wildman–Crippen MR) is 64.4 cm³/mol. The van der Waals surface area contributed by atoms with Crippen molar-refractivity contribution >= 4 is 11.3 Å². The highest BCUT2D eigenvalue weighted by Gasteiger charge is 2.19. The number of aromatic amines is 1. The average molecular weight is 234 g/mol. The third-order valence-corrected chi connectivity index (χ3v) is 3.47. The van der Waals surface area contributed by atoms with Crippen LogP contribution < -0.4 is 5.32 Å². The van der Waals surface area contributed by atoms with Crippen molar-refractivity contribution in [2.24, 2.45) is 0 Å². The zero-order valence-corrected chi connectivity index (χ0v) is 9.76. The van der Waals surface area contributed by atoms with Gasteiger partial charge >= 0.3 is 0 Å². The topological polar surface area (TPSA) is 53.6 Å². The van der Waals surface area contributed by atoms with E-state index in [4.69, 9.17) is 0 Å². The van der Waals surface area contributed by atoms with Crippen LogP contribution in [0.2, 0.25) is 0 Å². The van der Waals surface area contributed by atoms with Crippen LogP contribution in [-0.2, 0) is 6.42 Å². The number of hydrogen-bond acceptors (Lipinski definition) is 4. The van der Waals surface area contributed by atoms with Crippen molar-refractivity contribution in [3.8, 4) is 10.7 Å². The number of rotatable bonds is 5. The molecule has 16 heavy (non-hydrogen) atoms. The van der Waals surface area contributed by atoms with Gasteiger partial charge in [0.05, 0.1) is 11.9 Å². The standard InChI is InChI=1S/C11H14N4S/c1-2-8(1)12-4-3-10-14-7-9(15-10)11-13-5-6-16-11/h5-8,12H,1-4H2,(H,14,15). The molecule has 1 aliphatic rings. The summed E-state index contributed by atoms with van der Waals surface area (Å²) in [6.07, 6.45) is 7.31. The number of imidazole rings is 1. The lowest BCUT2D eigenvalue weighted by Gasteiger charge is -1.99. The van der Waals surface area contributed by atoms with Gasteiger partial charge in [-0.15, -0.1) is 11.3 Å². The highest BCUT2D eigenvalue weighted by atomic mass is 32.1. The molecule has 2 N–H and O–H groups in total. The van der Waals surface area contributed by atoms with E-state index in [2.05, 4.69) is 20.3 Å². The Hall–Kier alpha value is -1.20. The number of H-pyrrole nitrogens is 1. The lowest BCUT2D eigenvalue weighted by Crippen LogP contribution is -2.19. The van der Waals surface area contributed by atoms with Crippen molar-refractivity contribution in [1.29, 1.82) is 0 Å². The van der Waals surface area contributed by atoms with Crippen LogP contribution in [0.15, 0.2) is 17.8 Å². The van der Waals surface area contributed by atoms with E-state index in [1.54, 1.807) is 11.3 Å². The first kappa shape index (κ1) is 9.99. The molecule has 5 heteroatoms. The van der Waals surface area contributed by atoms with Gasteiger partial charge in [0.1, 0.15) is 10.8 Å².